The molecule has 0 unspecified atom stereocenters. The molecule has 0 atom stereocenters. The van der Waals surface area contributed by atoms with Crippen LogP contribution in [0.2, 0.25) is 0 Å². The van der Waals surface area contributed by atoms with Gasteiger partial charge in [-0.05, 0) is 36.8 Å². The summed E-state index contributed by atoms with van der Waals surface area (Å²) in [5.74, 6) is 1.59. The molecule has 2 aromatic carbocycles. The smallest absolute Gasteiger partial charge is 0.224 e. The topological polar surface area (TPSA) is 60.5 Å². The molecule has 0 radical (unpaired) electrons. The van der Waals surface area contributed by atoms with E-state index in [2.05, 4.69) is 10.3 Å². The summed E-state index contributed by atoms with van der Waals surface area (Å²) in [5.41, 5.74) is 1.88. The molecule has 0 saturated carbocycles. The summed E-state index contributed by atoms with van der Waals surface area (Å²) in [5, 5.41) is 3.70. The summed E-state index contributed by atoms with van der Waals surface area (Å²) in [6.07, 6.45) is 0.383. The van der Waals surface area contributed by atoms with Crippen LogP contribution in [-0.2, 0) is 17.8 Å². The second kappa shape index (κ2) is 7.98. The van der Waals surface area contributed by atoms with Crippen molar-refractivity contribution in [3.63, 3.8) is 0 Å². The fraction of sp³-hybridized carbons (Fsp3) is 0.263. The molecule has 6 heteroatoms. The van der Waals surface area contributed by atoms with E-state index < -0.39 is 0 Å². The van der Waals surface area contributed by atoms with Crippen LogP contribution in [0, 0.1) is 0 Å². The van der Waals surface area contributed by atoms with Gasteiger partial charge in [0, 0.05) is 12.6 Å². The van der Waals surface area contributed by atoms with Crippen molar-refractivity contribution in [1.82, 2.24) is 10.3 Å². The van der Waals surface area contributed by atoms with E-state index in [-0.39, 0.29) is 5.91 Å². The maximum atomic E-state index is 11.6. The highest BCUT2D eigenvalue weighted by atomic mass is 32.1. The summed E-state index contributed by atoms with van der Waals surface area (Å²) in [6.45, 7) is 2.97. The number of aromatic nitrogens is 1. The molecule has 1 aromatic heterocycles. The van der Waals surface area contributed by atoms with Gasteiger partial charge in [-0.1, -0.05) is 12.1 Å². The first-order valence-corrected chi connectivity index (χ1v) is 8.91. The van der Waals surface area contributed by atoms with Crippen molar-refractivity contribution in [2.45, 2.75) is 20.0 Å². The van der Waals surface area contributed by atoms with Crippen LogP contribution in [0.3, 0.4) is 0 Å². The first-order valence-electron chi connectivity index (χ1n) is 8.10. The fourth-order valence-electron chi connectivity index (χ4n) is 2.44. The van der Waals surface area contributed by atoms with Crippen molar-refractivity contribution in [3.8, 4) is 11.5 Å². The highest BCUT2D eigenvalue weighted by Gasteiger charge is 2.07. The molecule has 0 saturated heterocycles. The van der Waals surface area contributed by atoms with Gasteiger partial charge in [-0.15, -0.1) is 11.3 Å². The average Bonchev–Trinajstić information content (AvgIpc) is 3.03. The molecule has 0 aliphatic heterocycles. The lowest BCUT2D eigenvalue weighted by molar-refractivity contribution is -0.120. The Morgan fingerprint density at radius 2 is 1.92 bits per heavy atom. The monoisotopic (exact) mass is 356 g/mol. The molecule has 1 N–H and O–H groups in total. The van der Waals surface area contributed by atoms with Crippen molar-refractivity contribution >= 4 is 27.5 Å². The third kappa shape index (κ3) is 4.48. The Balaban J connectivity index is 1.60. The molecule has 1 amide bonds. The largest absolute Gasteiger partial charge is 0.497 e. The van der Waals surface area contributed by atoms with Gasteiger partial charge in [0.25, 0.3) is 0 Å². The zero-order chi connectivity index (χ0) is 17.6. The summed E-state index contributed by atoms with van der Waals surface area (Å²) >= 11 is 1.61. The second-order valence-corrected chi connectivity index (χ2v) is 6.62. The highest BCUT2D eigenvalue weighted by Crippen LogP contribution is 2.26. The lowest BCUT2D eigenvalue weighted by Gasteiger charge is -2.06. The Hall–Kier alpha value is -2.60. The van der Waals surface area contributed by atoms with Gasteiger partial charge in [-0.3, -0.25) is 4.79 Å². The number of carbonyl (C=O) groups is 1. The van der Waals surface area contributed by atoms with E-state index in [0.717, 1.165) is 32.3 Å². The highest BCUT2D eigenvalue weighted by molar-refractivity contribution is 7.18. The molecule has 5 nitrogen and oxygen atoms in total. The Bertz CT molecular complexity index is 859. The van der Waals surface area contributed by atoms with Crippen molar-refractivity contribution < 1.29 is 14.3 Å². The maximum Gasteiger partial charge on any atom is 0.224 e. The van der Waals surface area contributed by atoms with Crippen LogP contribution in [0.15, 0.2) is 42.5 Å². The van der Waals surface area contributed by atoms with Gasteiger partial charge >= 0.3 is 0 Å². The minimum Gasteiger partial charge on any atom is -0.497 e. The van der Waals surface area contributed by atoms with Crippen molar-refractivity contribution in [2.24, 2.45) is 0 Å². The zero-order valence-corrected chi connectivity index (χ0v) is 15.1. The molecular weight excluding hydrogens is 336 g/mol. The van der Waals surface area contributed by atoms with E-state index >= 15 is 0 Å². The fourth-order valence-corrected chi connectivity index (χ4v) is 3.30. The molecule has 0 bridgehead atoms. The van der Waals surface area contributed by atoms with E-state index in [1.54, 1.807) is 18.4 Å². The maximum absolute atomic E-state index is 11.6. The normalized spacial score (nSPS) is 10.6. The van der Waals surface area contributed by atoms with Crippen LogP contribution in [0.25, 0.3) is 10.2 Å². The number of thiazole rings is 1. The lowest BCUT2D eigenvalue weighted by Crippen LogP contribution is -2.24. The molecule has 0 fully saturated rings. The van der Waals surface area contributed by atoms with Crippen LogP contribution in [0.1, 0.15) is 17.5 Å². The number of carbonyl (C=O) groups excluding carboxylic acids is 1. The summed E-state index contributed by atoms with van der Waals surface area (Å²) < 4.78 is 12.1. The minimum atomic E-state index is 0.0288. The molecule has 0 spiro atoms. The molecule has 3 aromatic rings. The number of nitrogens with one attached hydrogen (secondary N) is 1. The third-order valence-electron chi connectivity index (χ3n) is 3.66. The van der Waals surface area contributed by atoms with Crippen molar-refractivity contribution in [2.75, 3.05) is 13.7 Å². The number of hydrogen-bond acceptors (Lipinski definition) is 5. The van der Waals surface area contributed by atoms with Gasteiger partial charge < -0.3 is 14.8 Å². The number of likely N-dealkylation sites (N-methyl/N-ethyl adjacent to an activating group) is 1. The van der Waals surface area contributed by atoms with Crippen LogP contribution in [0.5, 0.6) is 11.5 Å². The van der Waals surface area contributed by atoms with Gasteiger partial charge in [0.2, 0.25) is 5.91 Å². The lowest BCUT2D eigenvalue weighted by atomic mass is 10.1. The molecule has 25 heavy (non-hydrogen) atoms. The van der Waals surface area contributed by atoms with Crippen LogP contribution in [-0.4, -0.2) is 24.5 Å². The van der Waals surface area contributed by atoms with Gasteiger partial charge in [-0.2, -0.15) is 0 Å². The number of methoxy groups -OCH3 is 1. The number of rotatable bonds is 7. The van der Waals surface area contributed by atoms with E-state index in [1.807, 2.05) is 49.4 Å². The average molecular weight is 356 g/mol. The van der Waals surface area contributed by atoms with Crippen LogP contribution in [0.4, 0.5) is 0 Å². The number of ether oxygens (including phenoxy) is 2. The first-order chi connectivity index (χ1) is 12.2. The number of hydrogen-bond donors (Lipinski definition) is 1. The summed E-state index contributed by atoms with van der Waals surface area (Å²) in [4.78, 5) is 16.2. The molecule has 1 heterocycles. The van der Waals surface area contributed by atoms with E-state index in [9.17, 15) is 4.79 Å². The quantitative estimate of drug-likeness (QED) is 0.703. The van der Waals surface area contributed by atoms with Gasteiger partial charge in [0.15, 0.2) is 0 Å². The van der Waals surface area contributed by atoms with Gasteiger partial charge in [0.1, 0.15) is 23.1 Å². The molecule has 0 aliphatic carbocycles. The molecule has 130 valence electrons. The van der Waals surface area contributed by atoms with E-state index in [1.165, 1.54) is 0 Å². The number of benzene rings is 2. The van der Waals surface area contributed by atoms with Crippen LogP contribution < -0.4 is 14.8 Å². The minimum absolute atomic E-state index is 0.0288. The van der Waals surface area contributed by atoms with Crippen LogP contribution >= 0.6 is 11.3 Å². The van der Waals surface area contributed by atoms with Gasteiger partial charge in [0.05, 0.1) is 23.7 Å². The predicted molar refractivity (Wildman–Crippen MR) is 99.3 cm³/mol. The third-order valence-corrected chi connectivity index (χ3v) is 4.67. The Morgan fingerprint density at radius 1 is 1.16 bits per heavy atom. The zero-order valence-electron chi connectivity index (χ0n) is 14.2. The van der Waals surface area contributed by atoms with Crippen molar-refractivity contribution in [1.29, 1.82) is 0 Å². The Labute approximate surface area is 150 Å². The number of amides is 1. The first kappa shape index (κ1) is 17.2. The van der Waals surface area contributed by atoms with E-state index in [0.29, 0.717) is 19.6 Å². The standard InChI is InChI=1S/C19H20N2O3S/c1-3-20-18(22)10-13-4-6-14(7-5-13)24-12-19-21-16-11-15(23-2)8-9-17(16)25-19/h4-9,11H,3,10,12H2,1-2H3,(H,20,22). The molecule has 0 aliphatic rings. The number of nitrogens with zero attached hydrogens (tertiary/aromatic N) is 1. The predicted octanol–water partition coefficient (Wildman–Crippen LogP) is 3.56. The SMILES string of the molecule is CCNC(=O)Cc1ccc(OCc2nc3cc(OC)ccc3s2)cc1. The Kier molecular flexibility index (Phi) is 5.50. The number of fused-ring (bicyclic) bond motifs is 1. The second-order valence-electron chi connectivity index (χ2n) is 5.50. The van der Waals surface area contributed by atoms with E-state index in [4.69, 9.17) is 9.47 Å². The van der Waals surface area contributed by atoms with Gasteiger partial charge in [-0.25, -0.2) is 4.98 Å². The summed E-state index contributed by atoms with van der Waals surface area (Å²) in [6, 6.07) is 13.4. The van der Waals surface area contributed by atoms with Crippen molar-refractivity contribution in [3.05, 3.63) is 53.0 Å². The summed E-state index contributed by atoms with van der Waals surface area (Å²) in [7, 11) is 1.65. The molecule has 3 rings (SSSR count). The Morgan fingerprint density at radius 3 is 2.64 bits per heavy atom. The molecular formula is C19H20N2O3S.